The highest BCUT2D eigenvalue weighted by atomic mass is 16.6. The summed E-state index contributed by atoms with van der Waals surface area (Å²) in [5.74, 6) is 0.349. The molecule has 0 radical (unpaired) electrons. The lowest BCUT2D eigenvalue weighted by Gasteiger charge is -2.24. The fourth-order valence-corrected chi connectivity index (χ4v) is 1.85. The molecule has 0 spiro atoms. The quantitative estimate of drug-likeness (QED) is 0.703. The molecule has 1 rings (SSSR count). The van der Waals surface area contributed by atoms with E-state index in [1.54, 1.807) is 0 Å². The lowest BCUT2D eigenvalue weighted by molar-refractivity contribution is -0.159. The summed E-state index contributed by atoms with van der Waals surface area (Å²) in [7, 11) is 1.83. The maximum absolute atomic E-state index is 11.9. The van der Waals surface area contributed by atoms with Gasteiger partial charge in [0.15, 0.2) is 0 Å². The van der Waals surface area contributed by atoms with Crippen molar-refractivity contribution in [3.63, 3.8) is 0 Å². The molecule has 2 atom stereocenters. The van der Waals surface area contributed by atoms with Gasteiger partial charge in [0.1, 0.15) is 11.1 Å². The Morgan fingerprint density at radius 3 is 2.43 bits per heavy atom. The molecule has 0 aliphatic heterocycles. The van der Waals surface area contributed by atoms with Gasteiger partial charge in [-0.1, -0.05) is 13.3 Å². The van der Waals surface area contributed by atoms with E-state index in [0.717, 1.165) is 12.8 Å². The molecule has 1 aliphatic rings. The van der Waals surface area contributed by atoms with Crippen LogP contribution in [0.15, 0.2) is 0 Å². The van der Waals surface area contributed by atoms with E-state index in [4.69, 9.17) is 4.74 Å². The van der Waals surface area contributed by atoms with Gasteiger partial charge in [-0.3, -0.25) is 4.79 Å². The van der Waals surface area contributed by atoms with Crippen LogP contribution in [0.25, 0.3) is 0 Å². The second kappa shape index (κ2) is 3.54. The zero-order chi connectivity index (χ0) is 11.0. The zero-order valence-electron chi connectivity index (χ0n) is 9.81. The van der Waals surface area contributed by atoms with Crippen LogP contribution < -0.4 is 5.32 Å². The van der Waals surface area contributed by atoms with Gasteiger partial charge in [-0.05, 0) is 40.2 Å². The molecular formula is C11H21NO2. The molecule has 0 unspecified atom stereocenters. The molecule has 1 aliphatic carbocycles. The number of carbonyl (C=O) groups excluding carboxylic acids is 1. The molecule has 0 bridgehead atoms. The van der Waals surface area contributed by atoms with Crippen molar-refractivity contribution in [1.29, 1.82) is 0 Å². The maximum atomic E-state index is 11.9. The van der Waals surface area contributed by atoms with Crippen molar-refractivity contribution >= 4 is 5.97 Å². The summed E-state index contributed by atoms with van der Waals surface area (Å²) in [6.45, 7) is 7.81. The molecule has 1 N–H and O–H groups in total. The largest absolute Gasteiger partial charge is 0.459 e. The Labute approximate surface area is 86.2 Å². The molecule has 0 aromatic carbocycles. The van der Waals surface area contributed by atoms with E-state index in [1.807, 2.05) is 27.8 Å². The van der Waals surface area contributed by atoms with Crippen molar-refractivity contribution in [2.45, 2.75) is 51.7 Å². The Kier molecular flexibility index (Phi) is 2.91. The van der Waals surface area contributed by atoms with Crippen LogP contribution >= 0.6 is 0 Å². The second-order valence-electron chi connectivity index (χ2n) is 5.03. The van der Waals surface area contributed by atoms with Crippen molar-refractivity contribution in [3.8, 4) is 0 Å². The summed E-state index contributed by atoms with van der Waals surface area (Å²) >= 11 is 0. The van der Waals surface area contributed by atoms with Crippen molar-refractivity contribution in [2.24, 2.45) is 5.92 Å². The van der Waals surface area contributed by atoms with Crippen molar-refractivity contribution in [1.82, 2.24) is 5.32 Å². The van der Waals surface area contributed by atoms with Gasteiger partial charge < -0.3 is 10.1 Å². The van der Waals surface area contributed by atoms with E-state index < -0.39 is 0 Å². The Balaban J connectivity index is 2.61. The standard InChI is InChI=1S/C11H21NO2/c1-6-8-7-11(8,12-5)9(13)14-10(2,3)4/h8,12H,6-7H2,1-5H3/t8-,11+/m0/s1. The first-order valence-corrected chi connectivity index (χ1v) is 5.28. The van der Waals surface area contributed by atoms with Crippen molar-refractivity contribution in [3.05, 3.63) is 0 Å². The number of carbonyl (C=O) groups is 1. The molecule has 82 valence electrons. The molecule has 0 aromatic heterocycles. The Bertz CT molecular complexity index is 232. The maximum Gasteiger partial charge on any atom is 0.327 e. The fourth-order valence-electron chi connectivity index (χ4n) is 1.85. The SMILES string of the molecule is CC[C@H]1C[C@]1(NC)C(=O)OC(C)(C)C. The number of nitrogens with one attached hydrogen (secondary N) is 1. The van der Waals surface area contributed by atoms with Crippen molar-refractivity contribution < 1.29 is 9.53 Å². The lowest BCUT2D eigenvalue weighted by atomic mass is 10.1. The molecule has 3 heteroatoms. The summed E-state index contributed by atoms with van der Waals surface area (Å²) in [6.07, 6.45) is 1.94. The molecule has 0 heterocycles. The van der Waals surface area contributed by atoms with Crippen molar-refractivity contribution in [2.75, 3.05) is 7.05 Å². The van der Waals surface area contributed by atoms with Gasteiger partial charge in [-0.25, -0.2) is 0 Å². The van der Waals surface area contributed by atoms with Gasteiger partial charge >= 0.3 is 5.97 Å². The van der Waals surface area contributed by atoms with Gasteiger partial charge in [0, 0.05) is 0 Å². The predicted molar refractivity (Wildman–Crippen MR) is 56.0 cm³/mol. The summed E-state index contributed by atoms with van der Waals surface area (Å²) in [5.41, 5.74) is -0.774. The highest BCUT2D eigenvalue weighted by Gasteiger charge is 2.59. The first-order valence-electron chi connectivity index (χ1n) is 5.28. The minimum absolute atomic E-state index is 0.0978. The topological polar surface area (TPSA) is 38.3 Å². The first kappa shape index (κ1) is 11.5. The zero-order valence-corrected chi connectivity index (χ0v) is 9.81. The van der Waals surface area contributed by atoms with Crippen LogP contribution in [0.1, 0.15) is 40.5 Å². The summed E-state index contributed by atoms with van der Waals surface area (Å²) in [5, 5.41) is 3.10. The lowest BCUT2D eigenvalue weighted by Crippen LogP contribution is -2.43. The molecule has 3 nitrogen and oxygen atoms in total. The Morgan fingerprint density at radius 1 is 1.57 bits per heavy atom. The molecule has 1 fully saturated rings. The molecule has 0 saturated heterocycles. The van der Waals surface area contributed by atoms with E-state index in [-0.39, 0.29) is 17.1 Å². The number of hydrogen-bond acceptors (Lipinski definition) is 3. The van der Waals surface area contributed by atoms with Crippen LogP contribution in [0, 0.1) is 5.92 Å². The first-order chi connectivity index (χ1) is 6.35. The average Bonchev–Trinajstić information content (AvgIpc) is 2.76. The van der Waals surface area contributed by atoms with Crippen LogP contribution in [-0.4, -0.2) is 24.2 Å². The van der Waals surface area contributed by atoms with E-state index in [9.17, 15) is 4.79 Å². The van der Waals surface area contributed by atoms with E-state index in [1.165, 1.54) is 0 Å². The van der Waals surface area contributed by atoms with Crippen LogP contribution in [0.5, 0.6) is 0 Å². The average molecular weight is 199 g/mol. The number of hydrogen-bond donors (Lipinski definition) is 1. The van der Waals surface area contributed by atoms with Crippen LogP contribution in [0.4, 0.5) is 0 Å². The summed E-state index contributed by atoms with van der Waals surface area (Å²) in [4.78, 5) is 11.9. The fraction of sp³-hybridized carbons (Fsp3) is 0.909. The molecule has 0 aromatic rings. The third-order valence-electron chi connectivity index (χ3n) is 2.81. The molecular weight excluding hydrogens is 178 g/mol. The molecule has 1 saturated carbocycles. The van der Waals surface area contributed by atoms with Crippen LogP contribution in [0.2, 0.25) is 0 Å². The monoisotopic (exact) mass is 199 g/mol. The Hall–Kier alpha value is -0.570. The van der Waals surface area contributed by atoms with Gasteiger partial charge in [0.2, 0.25) is 0 Å². The minimum atomic E-state index is -0.387. The van der Waals surface area contributed by atoms with Gasteiger partial charge in [-0.2, -0.15) is 0 Å². The highest BCUT2D eigenvalue weighted by molar-refractivity contribution is 5.85. The predicted octanol–water partition coefficient (Wildman–Crippen LogP) is 1.72. The smallest absolute Gasteiger partial charge is 0.327 e. The van der Waals surface area contributed by atoms with E-state index in [2.05, 4.69) is 12.2 Å². The number of esters is 1. The van der Waals surface area contributed by atoms with Gasteiger partial charge in [0.25, 0.3) is 0 Å². The number of likely N-dealkylation sites (N-methyl/N-ethyl adjacent to an activating group) is 1. The minimum Gasteiger partial charge on any atom is -0.459 e. The normalized spacial score (nSPS) is 31.4. The van der Waals surface area contributed by atoms with Gasteiger partial charge in [0.05, 0.1) is 0 Å². The summed E-state index contributed by atoms with van der Waals surface area (Å²) in [6, 6.07) is 0. The van der Waals surface area contributed by atoms with E-state index >= 15 is 0 Å². The van der Waals surface area contributed by atoms with Gasteiger partial charge in [-0.15, -0.1) is 0 Å². The van der Waals surface area contributed by atoms with E-state index in [0.29, 0.717) is 5.92 Å². The number of ether oxygens (including phenoxy) is 1. The second-order valence-corrected chi connectivity index (χ2v) is 5.03. The van der Waals surface area contributed by atoms with Crippen LogP contribution in [-0.2, 0) is 9.53 Å². The third-order valence-corrected chi connectivity index (χ3v) is 2.81. The summed E-state index contributed by atoms with van der Waals surface area (Å²) < 4.78 is 5.39. The highest BCUT2D eigenvalue weighted by Crippen LogP contribution is 2.46. The number of rotatable bonds is 3. The molecule has 14 heavy (non-hydrogen) atoms. The molecule has 0 amide bonds. The third kappa shape index (κ3) is 2.08. The Morgan fingerprint density at radius 2 is 2.14 bits per heavy atom. The van der Waals surface area contributed by atoms with Crippen LogP contribution in [0.3, 0.4) is 0 Å².